The van der Waals surface area contributed by atoms with Gasteiger partial charge in [0.2, 0.25) is 0 Å². The summed E-state index contributed by atoms with van der Waals surface area (Å²) in [5, 5.41) is 10.8. The molecule has 3 rings (SSSR count). The number of ether oxygens (including phenoxy) is 1. The van der Waals surface area contributed by atoms with Gasteiger partial charge in [0.1, 0.15) is 11.4 Å². The molecule has 1 aromatic carbocycles. The van der Waals surface area contributed by atoms with Crippen molar-refractivity contribution in [3.05, 3.63) is 28.8 Å². The molecular weight excluding hydrogens is 224 g/mol. The Morgan fingerprint density at radius 3 is 2.81 bits per heavy atom. The Bertz CT molecular complexity index is 410. The number of fused-ring (bicyclic) bond motifs is 1. The fourth-order valence-electron chi connectivity index (χ4n) is 2.94. The van der Waals surface area contributed by atoms with Crippen molar-refractivity contribution in [2.45, 2.75) is 43.8 Å². The molecule has 1 heterocycles. The van der Waals surface area contributed by atoms with Crippen LogP contribution in [-0.2, 0) is 0 Å². The van der Waals surface area contributed by atoms with Crippen LogP contribution in [0.25, 0.3) is 0 Å². The second kappa shape index (κ2) is 3.64. The van der Waals surface area contributed by atoms with Crippen LogP contribution < -0.4 is 4.74 Å². The molecule has 0 amide bonds. The van der Waals surface area contributed by atoms with Crippen molar-refractivity contribution in [3.8, 4) is 5.75 Å². The maximum atomic E-state index is 10.2. The van der Waals surface area contributed by atoms with Gasteiger partial charge in [-0.3, -0.25) is 0 Å². The summed E-state index contributed by atoms with van der Waals surface area (Å²) in [5.74, 6) is 0.810. The average molecular weight is 239 g/mol. The minimum absolute atomic E-state index is 0.111. The average Bonchev–Trinajstić information content (AvgIpc) is 2.68. The fourth-order valence-corrected chi connectivity index (χ4v) is 3.12. The van der Waals surface area contributed by atoms with E-state index in [-0.39, 0.29) is 5.60 Å². The zero-order valence-corrected chi connectivity index (χ0v) is 9.83. The standard InChI is InChI=1S/C13H15ClO2/c14-9-3-4-12-10(7-9)11(15)8-13(16-12)5-1-2-6-13/h3-4,7,11,15H,1-2,5-6,8H2/t11-/m0/s1. The summed E-state index contributed by atoms with van der Waals surface area (Å²) >= 11 is 5.93. The lowest BCUT2D eigenvalue weighted by molar-refractivity contribution is -0.00936. The van der Waals surface area contributed by atoms with Gasteiger partial charge < -0.3 is 9.84 Å². The Morgan fingerprint density at radius 2 is 2.06 bits per heavy atom. The number of benzene rings is 1. The van der Waals surface area contributed by atoms with Crippen LogP contribution in [0.2, 0.25) is 5.02 Å². The van der Waals surface area contributed by atoms with Crippen molar-refractivity contribution < 1.29 is 9.84 Å². The molecule has 2 aliphatic rings. The van der Waals surface area contributed by atoms with Gasteiger partial charge in [0.25, 0.3) is 0 Å². The highest BCUT2D eigenvalue weighted by molar-refractivity contribution is 6.30. The third-order valence-electron chi connectivity index (χ3n) is 3.74. The molecule has 1 spiro atoms. The molecule has 1 atom stereocenters. The highest BCUT2D eigenvalue weighted by atomic mass is 35.5. The van der Waals surface area contributed by atoms with Gasteiger partial charge in [0, 0.05) is 17.0 Å². The molecule has 2 nitrogen and oxygen atoms in total. The number of halogens is 1. The van der Waals surface area contributed by atoms with E-state index >= 15 is 0 Å². The first kappa shape index (κ1) is 10.4. The third-order valence-corrected chi connectivity index (χ3v) is 3.97. The molecule has 1 fully saturated rings. The van der Waals surface area contributed by atoms with Crippen LogP contribution in [0.3, 0.4) is 0 Å². The monoisotopic (exact) mass is 238 g/mol. The summed E-state index contributed by atoms with van der Waals surface area (Å²) < 4.78 is 6.09. The Labute approximate surface area is 100 Å². The molecule has 1 aliphatic carbocycles. The van der Waals surface area contributed by atoms with Crippen LogP contribution in [0.5, 0.6) is 5.75 Å². The van der Waals surface area contributed by atoms with Crippen LogP contribution in [0, 0.1) is 0 Å². The number of hydrogen-bond donors (Lipinski definition) is 1. The quantitative estimate of drug-likeness (QED) is 0.750. The highest BCUT2D eigenvalue weighted by Crippen LogP contribution is 2.47. The lowest BCUT2D eigenvalue weighted by Gasteiger charge is -2.38. The molecule has 0 radical (unpaired) electrons. The maximum Gasteiger partial charge on any atom is 0.126 e. The predicted molar refractivity (Wildman–Crippen MR) is 62.9 cm³/mol. The lowest BCUT2D eigenvalue weighted by atomic mass is 9.87. The van der Waals surface area contributed by atoms with Gasteiger partial charge in [-0.25, -0.2) is 0 Å². The van der Waals surface area contributed by atoms with E-state index in [1.807, 2.05) is 18.2 Å². The molecule has 16 heavy (non-hydrogen) atoms. The van der Waals surface area contributed by atoms with E-state index in [1.54, 1.807) is 0 Å². The molecule has 1 N–H and O–H groups in total. The zero-order chi connectivity index (χ0) is 11.2. The summed E-state index contributed by atoms with van der Waals surface area (Å²) in [6.07, 6.45) is 4.81. The van der Waals surface area contributed by atoms with Crippen LogP contribution in [-0.4, -0.2) is 10.7 Å². The summed E-state index contributed by atoms with van der Waals surface area (Å²) in [4.78, 5) is 0. The summed E-state index contributed by atoms with van der Waals surface area (Å²) in [7, 11) is 0. The molecule has 0 saturated heterocycles. The molecular formula is C13H15ClO2. The largest absolute Gasteiger partial charge is 0.487 e. The van der Waals surface area contributed by atoms with Crippen LogP contribution in [0.1, 0.15) is 43.8 Å². The van der Waals surface area contributed by atoms with Gasteiger partial charge in [-0.15, -0.1) is 0 Å². The Morgan fingerprint density at radius 1 is 1.31 bits per heavy atom. The Kier molecular flexibility index (Phi) is 2.37. The van der Waals surface area contributed by atoms with Gasteiger partial charge in [0.15, 0.2) is 0 Å². The molecule has 0 bridgehead atoms. The molecule has 0 aromatic heterocycles. The Hall–Kier alpha value is -0.730. The van der Waals surface area contributed by atoms with Gasteiger partial charge >= 0.3 is 0 Å². The van der Waals surface area contributed by atoms with Gasteiger partial charge in [0.05, 0.1) is 6.10 Å². The smallest absolute Gasteiger partial charge is 0.126 e. The lowest BCUT2D eigenvalue weighted by Crippen LogP contribution is -2.38. The van der Waals surface area contributed by atoms with Crippen molar-refractivity contribution >= 4 is 11.6 Å². The molecule has 1 aromatic rings. The molecule has 3 heteroatoms. The molecule has 1 saturated carbocycles. The molecule has 1 aliphatic heterocycles. The normalized spacial score (nSPS) is 26.5. The van der Waals surface area contributed by atoms with E-state index in [0.717, 1.165) is 24.2 Å². The van der Waals surface area contributed by atoms with Crippen LogP contribution in [0.15, 0.2) is 18.2 Å². The van der Waals surface area contributed by atoms with Crippen LogP contribution >= 0.6 is 11.6 Å². The zero-order valence-electron chi connectivity index (χ0n) is 9.08. The number of aliphatic hydroxyl groups excluding tert-OH is 1. The van der Waals surface area contributed by atoms with E-state index in [2.05, 4.69) is 0 Å². The number of rotatable bonds is 0. The first-order valence-corrected chi connectivity index (χ1v) is 6.23. The van der Waals surface area contributed by atoms with Crippen LogP contribution in [0.4, 0.5) is 0 Å². The van der Waals surface area contributed by atoms with Crippen molar-refractivity contribution in [2.75, 3.05) is 0 Å². The van der Waals surface area contributed by atoms with E-state index in [1.165, 1.54) is 12.8 Å². The van der Waals surface area contributed by atoms with Gasteiger partial charge in [-0.05, 0) is 43.9 Å². The number of hydrogen-bond acceptors (Lipinski definition) is 2. The van der Waals surface area contributed by atoms with Crippen molar-refractivity contribution in [3.63, 3.8) is 0 Å². The van der Waals surface area contributed by atoms with E-state index in [4.69, 9.17) is 16.3 Å². The first-order valence-electron chi connectivity index (χ1n) is 5.85. The van der Waals surface area contributed by atoms with Gasteiger partial charge in [-0.1, -0.05) is 11.6 Å². The number of aliphatic hydroxyl groups is 1. The highest BCUT2D eigenvalue weighted by Gasteiger charge is 2.42. The second-order valence-electron chi connectivity index (χ2n) is 4.89. The topological polar surface area (TPSA) is 29.5 Å². The minimum atomic E-state index is -0.430. The second-order valence-corrected chi connectivity index (χ2v) is 5.33. The fraction of sp³-hybridized carbons (Fsp3) is 0.538. The summed E-state index contributed by atoms with van der Waals surface area (Å²) in [6.45, 7) is 0. The van der Waals surface area contributed by atoms with E-state index in [0.29, 0.717) is 11.4 Å². The Balaban J connectivity index is 1.99. The molecule has 0 unspecified atom stereocenters. The van der Waals surface area contributed by atoms with Crippen molar-refractivity contribution in [2.24, 2.45) is 0 Å². The first-order chi connectivity index (χ1) is 7.69. The maximum absolute atomic E-state index is 10.2. The van der Waals surface area contributed by atoms with Crippen molar-refractivity contribution in [1.82, 2.24) is 0 Å². The summed E-state index contributed by atoms with van der Waals surface area (Å²) in [5.41, 5.74) is 0.727. The van der Waals surface area contributed by atoms with Crippen molar-refractivity contribution in [1.29, 1.82) is 0 Å². The van der Waals surface area contributed by atoms with E-state index < -0.39 is 6.10 Å². The van der Waals surface area contributed by atoms with E-state index in [9.17, 15) is 5.11 Å². The molecule has 86 valence electrons. The summed E-state index contributed by atoms with van der Waals surface area (Å²) in [6, 6.07) is 5.50. The van der Waals surface area contributed by atoms with Gasteiger partial charge in [-0.2, -0.15) is 0 Å². The SMILES string of the molecule is O[C@H]1CC2(CCCC2)Oc2ccc(Cl)cc21. The third kappa shape index (κ3) is 1.61. The predicted octanol–water partition coefficient (Wildman–Crippen LogP) is 3.47. The minimum Gasteiger partial charge on any atom is -0.487 e.